The minimum atomic E-state index is -0.00677. The quantitative estimate of drug-likeness (QED) is 0.525. The highest BCUT2D eigenvalue weighted by Crippen LogP contribution is 2.05. The molecule has 0 aliphatic carbocycles. The Hall–Kier alpha value is -0.610. The Kier molecular flexibility index (Phi) is 13.4. The molecule has 0 heterocycles. The largest absolute Gasteiger partial charge is 0.379 e. The Labute approximate surface area is 118 Å². The van der Waals surface area contributed by atoms with Crippen molar-refractivity contribution in [2.45, 2.75) is 65.4 Å². The summed E-state index contributed by atoms with van der Waals surface area (Å²) in [6.45, 7) is 8.45. The van der Waals surface area contributed by atoms with E-state index in [0.29, 0.717) is 12.7 Å². The van der Waals surface area contributed by atoms with Gasteiger partial charge in [-0.2, -0.15) is 0 Å². The second kappa shape index (κ2) is 13.8. The van der Waals surface area contributed by atoms with Gasteiger partial charge in [-0.3, -0.25) is 4.79 Å². The molecule has 0 aliphatic heterocycles. The molecule has 0 saturated heterocycles. The summed E-state index contributed by atoms with van der Waals surface area (Å²) in [5.41, 5.74) is 0. The van der Waals surface area contributed by atoms with Gasteiger partial charge in [0.05, 0.1) is 6.10 Å². The zero-order chi connectivity index (χ0) is 14.3. The third kappa shape index (κ3) is 15.3. The Bertz CT molecular complexity index is 208. The molecule has 0 bridgehead atoms. The van der Waals surface area contributed by atoms with Crippen molar-refractivity contribution in [2.24, 2.45) is 0 Å². The molecule has 0 aliphatic rings. The number of amides is 1. The highest BCUT2D eigenvalue weighted by Gasteiger charge is 1.99. The Morgan fingerprint density at radius 2 is 1.68 bits per heavy atom. The lowest BCUT2D eigenvalue weighted by atomic mass is 10.1. The zero-order valence-corrected chi connectivity index (χ0v) is 12.9. The molecule has 0 spiro atoms. The number of unbranched alkanes of at least 4 members (excludes halogenated alkanes) is 5. The predicted octanol–water partition coefficient (Wildman–Crippen LogP) is 2.90. The molecule has 4 heteroatoms. The second-order valence-electron chi connectivity index (χ2n) is 5.03. The minimum absolute atomic E-state index is 0.00677. The van der Waals surface area contributed by atoms with E-state index in [1.807, 2.05) is 6.92 Å². The van der Waals surface area contributed by atoms with Gasteiger partial charge in [0.1, 0.15) is 6.61 Å². The van der Waals surface area contributed by atoms with E-state index in [9.17, 15) is 4.79 Å². The van der Waals surface area contributed by atoms with Crippen molar-refractivity contribution < 1.29 is 14.3 Å². The van der Waals surface area contributed by atoms with E-state index in [2.05, 4.69) is 19.2 Å². The molecule has 1 amide bonds. The summed E-state index contributed by atoms with van der Waals surface area (Å²) in [4.78, 5) is 11.2. The fourth-order valence-electron chi connectivity index (χ4n) is 1.73. The lowest BCUT2D eigenvalue weighted by Crippen LogP contribution is -2.28. The summed E-state index contributed by atoms with van der Waals surface area (Å²) in [5.74, 6) is -0.00677. The van der Waals surface area contributed by atoms with Crippen LogP contribution in [0.1, 0.15) is 59.3 Å². The van der Waals surface area contributed by atoms with Gasteiger partial charge in [-0.1, -0.05) is 25.7 Å². The fourth-order valence-corrected chi connectivity index (χ4v) is 1.73. The van der Waals surface area contributed by atoms with Gasteiger partial charge in [0, 0.05) is 19.8 Å². The molecule has 0 radical (unpaired) electrons. The Morgan fingerprint density at radius 3 is 2.32 bits per heavy atom. The molecule has 0 unspecified atom stereocenters. The summed E-state index contributed by atoms with van der Waals surface area (Å²) < 4.78 is 10.5. The van der Waals surface area contributed by atoms with Crippen LogP contribution >= 0.6 is 0 Å². The van der Waals surface area contributed by atoms with Crippen LogP contribution in [0.25, 0.3) is 0 Å². The average Bonchev–Trinajstić information content (AvgIpc) is 2.38. The van der Waals surface area contributed by atoms with E-state index < -0.39 is 0 Å². The lowest BCUT2D eigenvalue weighted by Gasteiger charge is -2.07. The van der Waals surface area contributed by atoms with E-state index in [4.69, 9.17) is 9.47 Å². The van der Waals surface area contributed by atoms with Crippen LogP contribution in [0.3, 0.4) is 0 Å². The zero-order valence-electron chi connectivity index (χ0n) is 12.9. The summed E-state index contributed by atoms with van der Waals surface area (Å²) in [7, 11) is 0. The molecular weight excluding hydrogens is 242 g/mol. The molecule has 19 heavy (non-hydrogen) atoms. The number of hydrogen-bond donors (Lipinski definition) is 1. The van der Waals surface area contributed by atoms with Crippen LogP contribution in [0.5, 0.6) is 0 Å². The molecule has 0 aromatic rings. The predicted molar refractivity (Wildman–Crippen MR) is 78.3 cm³/mol. The molecule has 0 rings (SSSR count). The second-order valence-corrected chi connectivity index (χ2v) is 5.03. The van der Waals surface area contributed by atoms with Gasteiger partial charge < -0.3 is 14.8 Å². The van der Waals surface area contributed by atoms with Crippen molar-refractivity contribution in [2.75, 3.05) is 26.4 Å². The number of nitrogens with one attached hydrogen (secondary N) is 1. The molecule has 0 saturated carbocycles. The molecular formula is C15H31NO3. The van der Waals surface area contributed by atoms with Crippen LogP contribution in [0.2, 0.25) is 0 Å². The van der Waals surface area contributed by atoms with E-state index in [1.54, 1.807) is 0 Å². The number of rotatable bonds is 13. The first-order valence-electron chi connectivity index (χ1n) is 7.62. The SMILES string of the molecule is CCOCC(=O)NCCCCCCCCOC(C)C. The summed E-state index contributed by atoms with van der Waals surface area (Å²) >= 11 is 0. The standard InChI is InChI=1S/C15H31NO3/c1-4-18-13-15(17)16-11-9-7-5-6-8-10-12-19-14(2)3/h14H,4-13H2,1-3H3,(H,16,17). The van der Waals surface area contributed by atoms with E-state index in [0.717, 1.165) is 26.0 Å². The van der Waals surface area contributed by atoms with Crippen molar-refractivity contribution in [3.8, 4) is 0 Å². The molecule has 0 aromatic heterocycles. The van der Waals surface area contributed by atoms with Gasteiger partial charge in [-0.05, 0) is 33.6 Å². The molecule has 0 atom stereocenters. The first kappa shape index (κ1) is 18.4. The minimum Gasteiger partial charge on any atom is -0.379 e. The summed E-state index contributed by atoms with van der Waals surface area (Å²) in [6.07, 6.45) is 7.48. The topological polar surface area (TPSA) is 47.6 Å². The molecule has 114 valence electrons. The highest BCUT2D eigenvalue weighted by molar-refractivity contribution is 5.77. The van der Waals surface area contributed by atoms with Gasteiger partial charge >= 0.3 is 0 Å². The Morgan fingerprint density at radius 1 is 1.05 bits per heavy atom. The van der Waals surface area contributed by atoms with Crippen LogP contribution in [-0.2, 0) is 14.3 Å². The average molecular weight is 273 g/mol. The summed E-state index contributed by atoms with van der Waals surface area (Å²) in [6, 6.07) is 0. The van der Waals surface area contributed by atoms with Crippen molar-refractivity contribution in [1.29, 1.82) is 0 Å². The van der Waals surface area contributed by atoms with Gasteiger partial charge in [-0.25, -0.2) is 0 Å². The molecule has 4 nitrogen and oxygen atoms in total. The van der Waals surface area contributed by atoms with Crippen LogP contribution in [0.15, 0.2) is 0 Å². The van der Waals surface area contributed by atoms with Crippen molar-refractivity contribution in [3.63, 3.8) is 0 Å². The van der Waals surface area contributed by atoms with Gasteiger partial charge in [0.15, 0.2) is 0 Å². The maximum absolute atomic E-state index is 11.2. The first-order valence-corrected chi connectivity index (χ1v) is 7.62. The van der Waals surface area contributed by atoms with E-state index in [1.165, 1.54) is 25.7 Å². The van der Waals surface area contributed by atoms with Crippen LogP contribution in [0.4, 0.5) is 0 Å². The number of hydrogen-bond acceptors (Lipinski definition) is 3. The molecule has 1 N–H and O–H groups in total. The fraction of sp³-hybridized carbons (Fsp3) is 0.933. The number of ether oxygens (including phenoxy) is 2. The lowest BCUT2D eigenvalue weighted by molar-refractivity contribution is -0.125. The highest BCUT2D eigenvalue weighted by atomic mass is 16.5. The normalized spacial score (nSPS) is 10.9. The number of carbonyl (C=O) groups excluding carboxylic acids is 1. The maximum Gasteiger partial charge on any atom is 0.245 e. The van der Waals surface area contributed by atoms with Gasteiger partial charge in [-0.15, -0.1) is 0 Å². The van der Waals surface area contributed by atoms with Crippen molar-refractivity contribution >= 4 is 5.91 Å². The monoisotopic (exact) mass is 273 g/mol. The first-order chi connectivity index (χ1) is 9.16. The van der Waals surface area contributed by atoms with Crippen LogP contribution in [0, 0.1) is 0 Å². The van der Waals surface area contributed by atoms with Gasteiger partial charge in [0.25, 0.3) is 0 Å². The van der Waals surface area contributed by atoms with Gasteiger partial charge in [0.2, 0.25) is 5.91 Å². The summed E-state index contributed by atoms with van der Waals surface area (Å²) in [5, 5.41) is 2.86. The number of carbonyl (C=O) groups is 1. The van der Waals surface area contributed by atoms with E-state index in [-0.39, 0.29) is 12.5 Å². The maximum atomic E-state index is 11.2. The van der Waals surface area contributed by atoms with Crippen molar-refractivity contribution in [1.82, 2.24) is 5.32 Å². The Balaban J connectivity index is 3.08. The third-order valence-electron chi connectivity index (χ3n) is 2.78. The smallest absolute Gasteiger partial charge is 0.245 e. The van der Waals surface area contributed by atoms with Crippen LogP contribution in [-0.4, -0.2) is 38.4 Å². The van der Waals surface area contributed by atoms with Crippen molar-refractivity contribution in [3.05, 3.63) is 0 Å². The molecule has 0 aromatic carbocycles. The third-order valence-corrected chi connectivity index (χ3v) is 2.78. The van der Waals surface area contributed by atoms with E-state index >= 15 is 0 Å². The van der Waals surface area contributed by atoms with Crippen LogP contribution < -0.4 is 5.32 Å². The molecule has 0 fully saturated rings.